The number of fused-ring (bicyclic) bond motifs is 2. The van der Waals surface area contributed by atoms with E-state index in [0.717, 1.165) is 22.3 Å². The summed E-state index contributed by atoms with van der Waals surface area (Å²) in [7, 11) is 0. The van der Waals surface area contributed by atoms with Gasteiger partial charge in [0.15, 0.2) is 0 Å². The summed E-state index contributed by atoms with van der Waals surface area (Å²) in [5.74, 6) is 0. The molecule has 0 spiro atoms. The Bertz CT molecular complexity index is 1470. The molecule has 0 aliphatic carbocycles. The summed E-state index contributed by atoms with van der Waals surface area (Å²) in [4.78, 5) is 13.0. The second kappa shape index (κ2) is 7.73. The molecule has 3 nitrogen and oxygen atoms in total. The van der Waals surface area contributed by atoms with Crippen LogP contribution in [0.1, 0.15) is 11.3 Å². The first-order valence-electron chi connectivity index (χ1n) is 9.64. The second-order valence-corrected chi connectivity index (χ2v) is 7.89. The number of aromatic nitrogens is 2. The van der Waals surface area contributed by atoms with Crippen molar-refractivity contribution in [3.8, 4) is 5.69 Å². The predicted molar refractivity (Wildman–Crippen MR) is 128 cm³/mol. The smallest absolute Gasteiger partial charge is 0.219 e. The molecule has 0 fully saturated rings. The Hall–Kier alpha value is -3.50. The third kappa shape index (κ3) is 3.36. The number of para-hydroxylation sites is 1. The minimum absolute atomic E-state index is 0.0864. The average Bonchev–Trinajstić information content (AvgIpc) is 3.08. The van der Waals surface area contributed by atoms with Gasteiger partial charge >= 0.3 is 0 Å². The van der Waals surface area contributed by atoms with Crippen LogP contribution in [0.2, 0.25) is 0 Å². The molecule has 5 aromatic rings. The van der Waals surface area contributed by atoms with E-state index >= 15 is 0 Å². The molecular weight excluding hydrogens is 436 g/mol. The quantitative estimate of drug-likeness (QED) is 0.314. The van der Waals surface area contributed by atoms with Gasteiger partial charge in [0.05, 0.1) is 15.9 Å². The molecule has 4 heteroatoms. The lowest BCUT2D eigenvalue weighted by atomic mass is 10.1. The Morgan fingerprint density at radius 2 is 1.53 bits per heavy atom. The highest BCUT2D eigenvalue weighted by atomic mass is 79.9. The van der Waals surface area contributed by atoms with Crippen LogP contribution in [0, 0.1) is 0 Å². The van der Waals surface area contributed by atoms with Crippen molar-refractivity contribution in [3.05, 3.63) is 117 Å². The molecule has 4 aromatic carbocycles. The van der Waals surface area contributed by atoms with Gasteiger partial charge in [-0.25, -0.2) is 4.68 Å². The van der Waals surface area contributed by atoms with E-state index in [0.29, 0.717) is 9.99 Å². The molecule has 0 radical (unpaired) electrons. The monoisotopic (exact) mass is 452 g/mol. The third-order valence-corrected chi connectivity index (χ3v) is 5.72. The summed E-state index contributed by atoms with van der Waals surface area (Å²) in [6.07, 6.45) is 4.01. The lowest BCUT2D eigenvalue weighted by molar-refractivity contribution is 0.902. The van der Waals surface area contributed by atoms with Crippen LogP contribution >= 0.6 is 15.9 Å². The van der Waals surface area contributed by atoms with Gasteiger partial charge < -0.3 is 0 Å². The first-order valence-corrected chi connectivity index (χ1v) is 10.4. The van der Waals surface area contributed by atoms with Crippen molar-refractivity contribution in [1.29, 1.82) is 0 Å². The summed E-state index contributed by atoms with van der Waals surface area (Å²) >= 11 is 3.39. The van der Waals surface area contributed by atoms with Gasteiger partial charge in [-0.1, -0.05) is 72.8 Å². The van der Waals surface area contributed by atoms with Crippen molar-refractivity contribution >= 4 is 49.8 Å². The number of nitrogens with zero attached hydrogens (tertiary/aromatic N) is 2. The Morgan fingerprint density at radius 3 is 2.37 bits per heavy atom. The van der Waals surface area contributed by atoms with Crippen LogP contribution < -0.4 is 5.43 Å². The number of rotatable bonds is 3. The fraction of sp³-hybridized carbons (Fsp3) is 0. The second-order valence-electron chi connectivity index (χ2n) is 7.04. The molecule has 30 heavy (non-hydrogen) atoms. The highest BCUT2D eigenvalue weighted by Gasteiger charge is 2.13. The Balaban J connectivity index is 1.69. The van der Waals surface area contributed by atoms with Crippen LogP contribution in [0.4, 0.5) is 0 Å². The van der Waals surface area contributed by atoms with Gasteiger partial charge in [-0.3, -0.25) is 4.79 Å². The zero-order valence-corrected chi connectivity index (χ0v) is 17.6. The van der Waals surface area contributed by atoms with E-state index in [9.17, 15) is 4.79 Å². The molecule has 0 aliphatic rings. The van der Waals surface area contributed by atoms with E-state index < -0.39 is 0 Å². The minimum atomic E-state index is -0.0864. The SMILES string of the molecule is O=c1c(Br)cccc2c(/C=C/c3ccc4ccccc4c3)nn(-c3ccccc3)c12. The minimum Gasteiger partial charge on any atom is -0.286 e. The Labute approximate surface area is 182 Å². The topological polar surface area (TPSA) is 34.9 Å². The molecule has 5 rings (SSSR count). The van der Waals surface area contributed by atoms with Crippen LogP contribution in [0.3, 0.4) is 0 Å². The van der Waals surface area contributed by atoms with Crippen molar-refractivity contribution in [2.45, 2.75) is 0 Å². The molecule has 1 aromatic heterocycles. The van der Waals surface area contributed by atoms with Crippen molar-refractivity contribution < 1.29 is 0 Å². The van der Waals surface area contributed by atoms with Crippen molar-refractivity contribution in [2.24, 2.45) is 0 Å². The zero-order chi connectivity index (χ0) is 20.5. The predicted octanol–water partition coefficient (Wildman–Crippen LogP) is 6.47. The first kappa shape index (κ1) is 18.5. The van der Waals surface area contributed by atoms with Crippen LogP contribution in [-0.2, 0) is 0 Å². The number of benzene rings is 3. The van der Waals surface area contributed by atoms with Gasteiger partial charge in [-0.15, -0.1) is 0 Å². The molecule has 0 unspecified atom stereocenters. The number of halogens is 1. The molecule has 0 amide bonds. The van der Waals surface area contributed by atoms with Gasteiger partial charge in [-0.05, 0) is 62.6 Å². The molecule has 0 saturated carbocycles. The summed E-state index contributed by atoms with van der Waals surface area (Å²) in [5.41, 5.74) is 3.15. The van der Waals surface area contributed by atoms with Gasteiger partial charge in [0.2, 0.25) is 5.43 Å². The highest BCUT2D eigenvalue weighted by Crippen LogP contribution is 2.23. The van der Waals surface area contributed by atoms with Gasteiger partial charge in [0, 0.05) is 5.39 Å². The van der Waals surface area contributed by atoms with Crippen LogP contribution in [0.5, 0.6) is 0 Å². The average molecular weight is 453 g/mol. The maximum absolute atomic E-state index is 13.0. The van der Waals surface area contributed by atoms with Gasteiger partial charge in [-0.2, -0.15) is 5.10 Å². The van der Waals surface area contributed by atoms with E-state index in [-0.39, 0.29) is 5.43 Å². The lowest BCUT2D eigenvalue weighted by Crippen LogP contribution is -2.06. The standard InChI is InChI=1S/C26H17BrN2O/c27-23-12-6-11-22-24(16-14-18-13-15-19-7-4-5-8-20(19)17-18)28-29(25(22)26(23)30)21-9-2-1-3-10-21/h1-17H/b16-14+. The van der Waals surface area contributed by atoms with Crippen molar-refractivity contribution in [1.82, 2.24) is 9.78 Å². The summed E-state index contributed by atoms with van der Waals surface area (Å²) in [5, 5.41) is 7.99. The summed E-state index contributed by atoms with van der Waals surface area (Å²) in [6.45, 7) is 0. The highest BCUT2D eigenvalue weighted by molar-refractivity contribution is 9.10. The Kier molecular flexibility index (Phi) is 4.77. The molecule has 144 valence electrons. The summed E-state index contributed by atoms with van der Waals surface area (Å²) in [6, 6.07) is 29.9. The molecular formula is C26H17BrN2O. The maximum Gasteiger partial charge on any atom is 0.219 e. The van der Waals surface area contributed by atoms with E-state index in [2.05, 4.69) is 46.3 Å². The zero-order valence-electron chi connectivity index (χ0n) is 16.0. The van der Waals surface area contributed by atoms with Gasteiger partial charge in [0.25, 0.3) is 0 Å². The molecule has 0 aliphatic heterocycles. The first-order chi connectivity index (χ1) is 14.7. The van der Waals surface area contributed by atoms with E-state index in [1.54, 1.807) is 10.7 Å². The van der Waals surface area contributed by atoms with Crippen molar-refractivity contribution in [2.75, 3.05) is 0 Å². The van der Waals surface area contributed by atoms with E-state index in [1.165, 1.54) is 10.8 Å². The largest absolute Gasteiger partial charge is 0.286 e. The number of hydrogen-bond donors (Lipinski definition) is 0. The van der Waals surface area contributed by atoms with Crippen LogP contribution in [0.15, 0.2) is 100 Å². The summed E-state index contributed by atoms with van der Waals surface area (Å²) < 4.78 is 2.24. The van der Waals surface area contributed by atoms with E-state index in [1.807, 2.05) is 66.7 Å². The Morgan fingerprint density at radius 1 is 0.767 bits per heavy atom. The molecule has 0 bridgehead atoms. The van der Waals surface area contributed by atoms with Crippen LogP contribution in [0.25, 0.3) is 39.5 Å². The van der Waals surface area contributed by atoms with Crippen molar-refractivity contribution in [3.63, 3.8) is 0 Å². The molecule has 0 atom stereocenters. The van der Waals surface area contributed by atoms with E-state index in [4.69, 9.17) is 5.10 Å². The maximum atomic E-state index is 13.0. The fourth-order valence-electron chi connectivity index (χ4n) is 3.61. The lowest BCUT2D eigenvalue weighted by Gasteiger charge is -2.01. The molecule has 0 saturated heterocycles. The fourth-order valence-corrected chi connectivity index (χ4v) is 3.95. The molecule has 0 N–H and O–H groups in total. The normalized spacial score (nSPS) is 11.5. The van der Waals surface area contributed by atoms with Crippen LogP contribution in [-0.4, -0.2) is 9.78 Å². The molecule has 1 heterocycles. The third-order valence-electron chi connectivity index (χ3n) is 5.10. The number of hydrogen-bond acceptors (Lipinski definition) is 2. The van der Waals surface area contributed by atoms with Gasteiger partial charge in [0.1, 0.15) is 5.52 Å².